The van der Waals surface area contributed by atoms with Gasteiger partial charge in [-0.2, -0.15) is 4.98 Å². The van der Waals surface area contributed by atoms with Crippen LogP contribution < -0.4 is 10.6 Å². The Morgan fingerprint density at radius 1 is 1.53 bits per heavy atom. The zero-order valence-corrected chi connectivity index (χ0v) is 11.2. The maximum Gasteiger partial charge on any atom is 0.222 e. The summed E-state index contributed by atoms with van der Waals surface area (Å²) in [6, 6.07) is 0. The van der Waals surface area contributed by atoms with Gasteiger partial charge >= 0.3 is 0 Å². The van der Waals surface area contributed by atoms with Gasteiger partial charge in [0.15, 0.2) is 0 Å². The van der Waals surface area contributed by atoms with Crippen molar-refractivity contribution in [2.45, 2.75) is 32.7 Å². The molecule has 1 heterocycles. The van der Waals surface area contributed by atoms with E-state index in [1.54, 1.807) is 6.20 Å². The summed E-state index contributed by atoms with van der Waals surface area (Å²) in [5, 5.41) is 0. The molecule has 15 heavy (non-hydrogen) atoms. The van der Waals surface area contributed by atoms with Crippen LogP contribution in [0.2, 0.25) is 0 Å². The second-order valence-electron chi connectivity index (χ2n) is 4.12. The molecule has 0 aromatic carbocycles. The van der Waals surface area contributed by atoms with E-state index in [2.05, 4.69) is 51.6 Å². The summed E-state index contributed by atoms with van der Waals surface area (Å²) in [5.41, 5.74) is 5.63. The summed E-state index contributed by atoms with van der Waals surface area (Å²) in [6.45, 7) is 6.48. The molecule has 84 valence electrons. The Kier molecular flexibility index (Phi) is 3.54. The Hall–Kier alpha value is -0.840. The first-order valence-corrected chi connectivity index (χ1v) is 5.69. The molecule has 1 aromatic rings. The molecule has 0 saturated heterocycles. The third-order valence-corrected chi connectivity index (χ3v) is 3.39. The van der Waals surface area contributed by atoms with Crippen molar-refractivity contribution >= 4 is 27.7 Å². The molecule has 0 saturated carbocycles. The first kappa shape index (κ1) is 12.2. The minimum absolute atomic E-state index is 0.0450. The number of halogens is 1. The molecule has 5 heteroatoms. The number of nitrogen functional groups attached to an aromatic ring is 1. The fourth-order valence-electron chi connectivity index (χ4n) is 1.13. The van der Waals surface area contributed by atoms with Crippen LogP contribution in [0.5, 0.6) is 0 Å². The van der Waals surface area contributed by atoms with Crippen LogP contribution in [0.1, 0.15) is 27.2 Å². The molecule has 0 aliphatic heterocycles. The highest BCUT2D eigenvalue weighted by molar-refractivity contribution is 9.10. The van der Waals surface area contributed by atoms with Crippen LogP contribution in [0.4, 0.5) is 11.8 Å². The topological polar surface area (TPSA) is 55.0 Å². The number of hydrogen-bond acceptors (Lipinski definition) is 4. The van der Waals surface area contributed by atoms with E-state index in [1.165, 1.54) is 0 Å². The maximum atomic E-state index is 5.58. The Labute approximate surface area is 99.0 Å². The van der Waals surface area contributed by atoms with E-state index in [4.69, 9.17) is 5.73 Å². The van der Waals surface area contributed by atoms with Gasteiger partial charge in [0, 0.05) is 18.8 Å². The zero-order valence-electron chi connectivity index (χ0n) is 9.58. The normalized spacial score (nSPS) is 11.5. The minimum atomic E-state index is 0.0450. The molecule has 0 aliphatic rings. The Morgan fingerprint density at radius 2 is 2.13 bits per heavy atom. The highest BCUT2D eigenvalue weighted by atomic mass is 79.9. The maximum absolute atomic E-state index is 5.58. The van der Waals surface area contributed by atoms with Gasteiger partial charge < -0.3 is 10.6 Å². The second-order valence-corrected chi connectivity index (χ2v) is 4.98. The van der Waals surface area contributed by atoms with Gasteiger partial charge in [0.05, 0.1) is 4.47 Å². The first-order chi connectivity index (χ1) is 6.88. The molecule has 4 nitrogen and oxygen atoms in total. The van der Waals surface area contributed by atoms with Gasteiger partial charge in [-0.3, -0.25) is 0 Å². The Balaban J connectivity index is 3.10. The lowest BCUT2D eigenvalue weighted by atomic mass is 10.0. The fourth-order valence-corrected chi connectivity index (χ4v) is 1.59. The number of rotatable bonds is 3. The van der Waals surface area contributed by atoms with Crippen LogP contribution >= 0.6 is 15.9 Å². The summed E-state index contributed by atoms with van der Waals surface area (Å²) < 4.78 is 0.862. The summed E-state index contributed by atoms with van der Waals surface area (Å²) >= 11 is 3.43. The molecule has 0 fully saturated rings. The monoisotopic (exact) mass is 272 g/mol. The van der Waals surface area contributed by atoms with Crippen molar-refractivity contribution in [3.05, 3.63) is 10.7 Å². The molecule has 0 atom stereocenters. The van der Waals surface area contributed by atoms with Crippen molar-refractivity contribution in [1.82, 2.24) is 9.97 Å². The molecule has 0 amide bonds. The number of nitrogens with two attached hydrogens (primary N) is 1. The van der Waals surface area contributed by atoms with E-state index in [9.17, 15) is 0 Å². The second kappa shape index (κ2) is 4.35. The Bertz CT molecular complexity index is 351. The predicted octanol–water partition coefficient (Wildman–Crippen LogP) is 2.45. The van der Waals surface area contributed by atoms with Crippen molar-refractivity contribution in [2.24, 2.45) is 0 Å². The van der Waals surface area contributed by atoms with E-state index in [-0.39, 0.29) is 5.54 Å². The van der Waals surface area contributed by atoms with Gasteiger partial charge in [-0.25, -0.2) is 4.98 Å². The minimum Gasteiger partial charge on any atom is -0.368 e. The zero-order chi connectivity index (χ0) is 11.6. The SMILES string of the molecule is CCC(C)(C)N(C)c1nc(N)ncc1Br. The molecule has 1 rings (SSSR count). The van der Waals surface area contributed by atoms with Crippen LogP contribution in [0, 0.1) is 0 Å². The van der Waals surface area contributed by atoms with Gasteiger partial charge in [0.2, 0.25) is 5.95 Å². The molecular formula is C10H17BrN4. The van der Waals surface area contributed by atoms with Crippen LogP contribution in [-0.2, 0) is 0 Å². The average Bonchev–Trinajstić information content (AvgIpc) is 2.20. The largest absolute Gasteiger partial charge is 0.368 e. The molecule has 0 aliphatic carbocycles. The standard InChI is InChI=1S/C10H17BrN4/c1-5-10(2,3)15(4)8-7(11)6-13-9(12)14-8/h6H,5H2,1-4H3,(H2,12,13,14). The van der Waals surface area contributed by atoms with Gasteiger partial charge in [0.25, 0.3) is 0 Å². The lowest BCUT2D eigenvalue weighted by Gasteiger charge is -2.36. The van der Waals surface area contributed by atoms with Crippen molar-refractivity contribution in [3.8, 4) is 0 Å². The average molecular weight is 273 g/mol. The fraction of sp³-hybridized carbons (Fsp3) is 0.600. The summed E-state index contributed by atoms with van der Waals surface area (Å²) in [6.07, 6.45) is 2.71. The number of nitrogens with zero attached hydrogens (tertiary/aromatic N) is 3. The highest BCUT2D eigenvalue weighted by Gasteiger charge is 2.24. The van der Waals surface area contributed by atoms with E-state index < -0.39 is 0 Å². The van der Waals surface area contributed by atoms with Gasteiger partial charge in [0.1, 0.15) is 5.82 Å². The lowest BCUT2D eigenvalue weighted by Crippen LogP contribution is -2.41. The van der Waals surface area contributed by atoms with Crippen LogP contribution in [0.25, 0.3) is 0 Å². The number of anilines is 2. The van der Waals surface area contributed by atoms with Crippen molar-refractivity contribution in [3.63, 3.8) is 0 Å². The third-order valence-electron chi connectivity index (χ3n) is 2.84. The van der Waals surface area contributed by atoms with Crippen LogP contribution in [0.3, 0.4) is 0 Å². The van der Waals surface area contributed by atoms with E-state index in [1.807, 2.05) is 7.05 Å². The molecule has 2 N–H and O–H groups in total. The van der Waals surface area contributed by atoms with E-state index in [0.29, 0.717) is 5.95 Å². The lowest BCUT2D eigenvalue weighted by molar-refractivity contribution is 0.466. The third kappa shape index (κ3) is 2.59. The van der Waals surface area contributed by atoms with E-state index in [0.717, 1.165) is 16.7 Å². The Morgan fingerprint density at radius 3 is 2.67 bits per heavy atom. The quantitative estimate of drug-likeness (QED) is 0.919. The predicted molar refractivity (Wildman–Crippen MR) is 66.9 cm³/mol. The van der Waals surface area contributed by atoms with Gasteiger partial charge in [-0.1, -0.05) is 6.92 Å². The molecular weight excluding hydrogens is 256 g/mol. The molecule has 0 radical (unpaired) electrons. The summed E-state index contributed by atoms with van der Waals surface area (Å²) in [4.78, 5) is 10.3. The molecule has 0 spiro atoms. The molecule has 1 aromatic heterocycles. The number of hydrogen-bond donors (Lipinski definition) is 1. The van der Waals surface area contributed by atoms with Gasteiger partial charge in [-0.15, -0.1) is 0 Å². The van der Waals surface area contributed by atoms with Crippen molar-refractivity contribution < 1.29 is 0 Å². The molecule has 0 bridgehead atoms. The first-order valence-electron chi connectivity index (χ1n) is 4.90. The number of aromatic nitrogens is 2. The van der Waals surface area contributed by atoms with Crippen molar-refractivity contribution in [2.75, 3.05) is 17.7 Å². The summed E-state index contributed by atoms with van der Waals surface area (Å²) in [7, 11) is 2.01. The highest BCUT2D eigenvalue weighted by Crippen LogP contribution is 2.29. The van der Waals surface area contributed by atoms with E-state index >= 15 is 0 Å². The van der Waals surface area contributed by atoms with Crippen LogP contribution in [0.15, 0.2) is 10.7 Å². The van der Waals surface area contributed by atoms with Gasteiger partial charge in [-0.05, 0) is 36.2 Å². The summed E-state index contributed by atoms with van der Waals surface area (Å²) in [5.74, 6) is 1.13. The smallest absolute Gasteiger partial charge is 0.222 e. The van der Waals surface area contributed by atoms with Crippen LogP contribution in [-0.4, -0.2) is 22.6 Å². The van der Waals surface area contributed by atoms with Crippen molar-refractivity contribution in [1.29, 1.82) is 0 Å². The molecule has 0 unspecified atom stereocenters.